The van der Waals surface area contributed by atoms with Gasteiger partial charge in [0.05, 0.1) is 5.69 Å². The molecule has 0 radical (unpaired) electrons. The topological polar surface area (TPSA) is 34.1 Å². The van der Waals surface area contributed by atoms with Gasteiger partial charge in [-0.25, -0.2) is 4.98 Å². The third-order valence-corrected chi connectivity index (χ3v) is 4.00. The van der Waals surface area contributed by atoms with E-state index in [0.717, 1.165) is 19.6 Å². The Kier molecular flexibility index (Phi) is 3.95. The van der Waals surface area contributed by atoms with E-state index in [4.69, 9.17) is 9.72 Å². The first kappa shape index (κ1) is 12.0. The van der Waals surface area contributed by atoms with Crippen molar-refractivity contribution in [2.24, 2.45) is 0 Å². The molecule has 1 aliphatic heterocycles. The molecule has 0 amide bonds. The van der Waals surface area contributed by atoms with Gasteiger partial charge in [-0.15, -0.1) is 11.3 Å². The van der Waals surface area contributed by atoms with Crippen LogP contribution in [-0.2, 0) is 11.3 Å². The largest absolute Gasteiger partial charge is 0.371 e. The van der Waals surface area contributed by atoms with Crippen molar-refractivity contribution in [2.45, 2.75) is 45.3 Å². The average molecular weight is 240 g/mol. The van der Waals surface area contributed by atoms with Gasteiger partial charge < -0.3 is 10.1 Å². The summed E-state index contributed by atoms with van der Waals surface area (Å²) in [5.74, 6) is 0.495. The van der Waals surface area contributed by atoms with E-state index in [2.05, 4.69) is 19.2 Å². The Morgan fingerprint density at radius 3 is 2.94 bits per heavy atom. The monoisotopic (exact) mass is 240 g/mol. The van der Waals surface area contributed by atoms with Gasteiger partial charge in [-0.1, -0.05) is 13.8 Å². The first-order chi connectivity index (χ1) is 7.72. The third kappa shape index (κ3) is 2.44. The second-order valence-corrected chi connectivity index (χ2v) is 5.66. The summed E-state index contributed by atoms with van der Waals surface area (Å²) in [4.78, 5) is 6.13. The minimum Gasteiger partial charge on any atom is -0.371 e. The van der Waals surface area contributed by atoms with E-state index >= 15 is 0 Å². The zero-order chi connectivity index (χ0) is 11.5. The smallest absolute Gasteiger partial charge is 0.122 e. The van der Waals surface area contributed by atoms with Crippen LogP contribution in [0.3, 0.4) is 0 Å². The minimum atomic E-state index is 0.258. The fraction of sp³-hybridized carbons (Fsp3) is 0.750. The highest BCUT2D eigenvalue weighted by molar-refractivity contribution is 7.11. The maximum atomic E-state index is 5.69. The van der Waals surface area contributed by atoms with E-state index < -0.39 is 0 Å². The molecule has 1 saturated heterocycles. The van der Waals surface area contributed by atoms with Crippen molar-refractivity contribution in [3.63, 3.8) is 0 Å². The zero-order valence-corrected chi connectivity index (χ0v) is 11.1. The number of thiazole rings is 1. The molecule has 0 spiro atoms. The van der Waals surface area contributed by atoms with Crippen LogP contribution >= 0.6 is 11.3 Å². The average Bonchev–Trinajstić information content (AvgIpc) is 2.83. The molecule has 90 valence electrons. The highest BCUT2D eigenvalue weighted by Gasteiger charge is 2.23. The van der Waals surface area contributed by atoms with Crippen molar-refractivity contribution in [3.05, 3.63) is 15.6 Å². The molecule has 2 rings (SSSR count). The summed E-state index contributed by atoms with van der Waals surface area (Å²) < 4.78 is 5.69. The van der Waals surface area contributed by atoms with Crippen molar-refractivity contribution >= 4 is 11.3 Å². The Morgan fingerprint density at radius 2 is 2.38 bits per heavy atom. The molecule has 4 heteroatoms. The molecule has 1 atom stereocenters. The highest BCUT2D eigenvalue weighted by atomic mass is 32.1. The Hall–Kier alpha value is -0.450. The van der Waals surface area contributed by atoms with Crippen molar-refractivity contribution in [2.75, 3.05) is 13.7 Å². The van der Waals surface area contributed by atoms with Crippen LogP contribution in [0.5, 0.6) is 0 Å². The molecular weight excluding hydrogens is 220 g/mol. The van der Waals surface area contributed by atoms with Crippen LogP contribution in [-0.4, -0.2) is 18.6 Å². The van der Waals surface area contributed by atoms with Gasteiger partial charge in [-0.3, -0.25) is 0 Å². The second kappa shape index (κ2) is 5.25. The molecule has 3 nitrogen and oxygen atoms in total. The van der Waals surface area contributed by atoms with Crippen LogP contribution in [0, 0.1) is 0 Å². The van der Waals surface area contributed by atoms with Gasteiger partial charge in [-0.2, -0.15) is 0 Å². The second-order valence-electron chi connectivity index (χ2n) is 4.55. The van der Waals surface area contributed by atoms with Crippen molar-refractivity contribution in [3.8, 4) is 0 Å². The van der Waals surface area contributed by atoms with Gasteiger partial charge in [0.15, 0.2) is 0 Å². The Morgan fingerprint density at radius 1 is 1.56 bits per heavy atom. The van der Waals surface area contributed by atoms with Crippen LogP contribution in [0.2, 0.25) is 0 Å². The van der Waals surface area contributed by atoms with Crippen LogP contribution in [0.25, 0.3) is 0 Å². The normalized spacial score (nSPS) is 20.9. The predicted octanol–water partition coefficient (Wildman–Crippen LogP) is 2.84. The molecule has 1 aromatic heterocycles. The van der Waals surface area contributed by atoms with Crippen molar-refractivity contribution in [1.82, 2.24) is 10.3 Å². The van der Waals surface area contributed by atoms with E-state index in [9.17, 15) is 0 Å². The Balaban J connectivity index is 2.22. The number of hydrogen-bond acceptors (Lipinski definition) is 4. The third-order valence-electron chi connectivity index (χ3n) is 2.83. The summed E-state index contributed by atoms with van der Waals surface area (Å²) in [6.45, 7) is 6.21. The molecule has 2 heterocycles. The lowest BCUT2D eigenvalue weighted by Crippen LogP contribution is -2.06. The molecule has 1 unspecified atom stereocenters. The molecular formula is C12H20N2OS. The van der Waals surface area contributed by atoms with Crippen molar-refractivity contribution < 1.29 is 4.74 Å². The van der Waals surface area contributed by atoms with Crippen LogP contribution in [0.4, 0.5) is 0 Å². The van der Waals surface area contributed by atoms with E-state index in [0.29, 0.717) is 5.92 Å². The Bertz CT molecular complexity index is 343. The quantitative estimate of drug-likeness (QED) is 0.878. The SMILES string of the molecule is CNCc1sc(C2CCCO2)nc1C(C)C. The molecule has 0 aromatic carbocycles. The fourth-order valence-corrected chi connectivity index (χ4v) is 3.35. The van der Waals surface area contributed by atoms with E-state index in [1.165, 1.54) is 22.0 Å². The summed E-state index contributed by atoms with van der Waals surface area (Å²) in [6, 6.07) is 0. The number of rotatable bonds is 4. The lowest BCUT2D eigenvalue weighted by atomic mass is 10.1. The van der Waals surface area contributed by atoms with Gasteiger partial charge >= 0.3 is 0 Å². The maximum Gasteiger partial charge on any atom is 0.122 e. The highest BCUT2D eigenvalue weighted by Crippen LogP contribution is 2.34. The number of aromatic nitrogens is 1. The summed E-state index contributed by atoms with van der Waals surface area (Å²) in [7, 11) is 1.98. The van der Waals surface area contributed by atoms with E-state index in [-0.39, 0.29) is 6.10 Å². The lowest BCUT2D eigenvalue weighted by molar-refractivity contribution is 0.111. The zero-order valence-electron chi connectivity index (χ0n) is 10.2. The molecule has 1 fully saturated rings. The van der Waals surface area contributed by atoms with Gasteiger partial charge in [0.1, 0.15) is 11.1 Å². The molecule has 16 heavy (non-hydrogen) atoms. The molecule has 0 aliphatic carbocycles. The molecule has 1 aliphatic rings. The van der Waals surface area contributed by atoms with Gasteiger partial charge in [-0.05, 0) is 25.8 Å². The number of ether oxygens (including phenoxy) is 1. The Labute approximate surface area is 101 Å². The van der Waals surface area contributed by atoms with Gasteiger partial charge in [0.2, 0.25) is 0 Å². The molecule has 1 aromatic rings. The first-order valence-corrected chi connectivity index (χ1v) is 6.79. The minimum absolute atomic E-state index is 0.258. The van der Waals surface area contributed by atoms with Gasteiger partial charge in [0, 0.05) is 18.0 Å². The molecule has 1 N–H and O–H groups in total. The van der Waals surface area contributed by atoms with Crippen LogP contribution in [0.1, 0.15) is 54.3 Å². The number of nitrogens with zero attached hydrogens (tertiary/aromatic N) is 1. The molecule has 0 bridgehead atoms. The summed E-state index contributed by atoms with van der Waals surface area (Å²) in [5, 5.41) is 4.39. The van der Waals surface area contributed by atoms with Crippen LogP contribution in [0.15, 0.2) is 0 Å². The summed E-state index contributed by atoms with van der Waals surface area (Å²) in [5.41, 5.74) is 1.24. The van der Waals surface area contributed by atoms with E-state index in [1.54, 1.807) is 0 Å². The van der Waals surface area contributed by atoms with Gasteiger partial charge in [0.25, 0.3) is 0 Å². The summed E-state index contributed by atoms with van der Waals surface area (Å²) in [6.07, 6.45) is 2.56. The van der Waals surface area contributed by atoms with Crippen LogP contribution < -0.4 is 5.32 Å². The summed E-state index contributed by atoms with van der Waals surface area (Å²) >= 11 is 1.81. The first-order valence-electron chi connectivity index (χ1n) is 5.98. The van der Waals surface area contributed by atoms with E-state index in [1.807, 2.05) is 18.4 Å². The standard InChI is InChI=1S/C12H20N2OS/c1-8(2)11-10(7-13-3)16-12(14-11)9-5-4-6-15-9/h8-9,13H,4-7H2,1-3H3. The maximum absolute atomic E-state index is 5.69. The predicted molar refractivity (Wildman–Crippen MR) is 66.9 cm³/mol. The lowest BCUT2D eigenvalue weighted by Gasteiger charge is -2.04. The van der Waals surface area contributed by atoms with Crippen molar-refractivity contribution in [1.29, 1.82) is 0 Å². The molecule has 0 saturated carbocycles. The number of nitrogens with one attached hydrogen (secondary N) is 1. The number of hydrogen-bond donors (Lipinski definition) is 1. The fourth-order valence-electron chi connectivity index (χ4n) is 2.03.